The van der Waals surface area contributed by atoms with Gasteiger partial charge in [0.1, 0.15) is 6.10 Å². The molecule has 5 atom stereocenters. The molecule has 0 aliphatic heterocycles. The third kappa shape index (κ3) is 2.54. The highest BCUT2D eigenvalue weighted by molar-refractivity contribution is 5.87. The molecule has 0 heterocycles. The van der Waals surface area contributed by atoms with Crippen molar-refractivity contribution in [3.63, 3.8) is 0 Å². The molecule has 2 heteroatoms. The van der Waals surface area contributed by atoms with E-state index in [0.29, 0.717) is 16.9 Å². The van der Waals surface area contributed by atoms with E-state index in [1.165, 1.54) is 32.1 Å². The fraction of sp³-hybridized carbons (Fsp3) is 0.833. The topological polar surface area (TPSA) is 26.3 Å². The third-order valence-electron chi connectivity index (χ3n) is 5.46. The predicted octanol–water partition coefficient (Wildman–Crippen LogP) is 4.74. The molecule has 4 aliphatic carbocycles. The normalized spacial score (nSPS) is 44.5. The molecule has 4 aliphatic rings. The second-order valence-electron chi connectivity index (χ2n) is 7.72. The molecule has 0 aromatic rings. The third-order valence-corrected chi connectivity index (χ3v) is 5.46. The lowest BCUT2D eigenvalue weighted by atomic mass is 9.44. The smallest absolute Gasteiger partial charge is 0.333 e. The molecule has 0 radical (unpaired) electrons. The predicted molar refractivity (Wildman–Crippen MR) is 82.3 cm³/mol. The Morgan fingerprint density at radius 1 is 1.20 bits per heavy atom. The Morgan fingerprint density at radius 3 is 2.35 bits per heavy atom. The summed E-state index contributed by atoms with van der Waals surface area (Å²) in [6.45, 7) is 14.2. The molecule has 4 bridgehead atoms. The summed E-state index contributed by atoms with van der Waals surface area (Å²) in [4.78, 5) is 11.8. The molecule has 5 unspecified atom stereocenters. The van der Waals surface area contributed by atoms with Crippen LogP contribution in [-0.2, 0) is 9.53 Å². The number of rotatable bonds is 2. The Hall–Kier alpha value is -0.790. The van der Waals surface area contributed by atoms with Crippen molar-refractivity contribution < 1.29 is 9.53 Å². The molecule has 0 aromatic heterocycles. The van der Waals surface area contributed by atoms with E-state index in [2.05, 4.69) is 20.4 Å². The van der Waals surface area contributed by atoms with Gasteiger partial charge in [-0.3, -0.25) is 0 Å². The minimum Gasteiger partial charge on any atom is -0.458 e. The van der Waals surface area contributed by atoms with E-state index in [1.807, 2.05) is 13.8 Å². The van der Waals surface area contributed by atoms with Gasteiger partial charge in [-0.15, -0.1) is 0 Å². The Bertz CT molecular complexity index is 414. The van der Waals surface area contributed by atoms with E-state index in [9.17, 15) is 4.79 Å². The van der Waals surface area contributed by atoms with Gasteiger partial charge in [-0.25, -0.2) is 4.79 Å². The largest absolute Gasteiger partial charge is 0.458 e. The molecular formula is C18H30O2. The Labute approximate surface area is 124 Å². The lowest BCUT2D eigenvalue weighted by molar-refractivity contribution is -0.201. The zero-order valence-corrected chi connectivity index (χ0v) is 13.8. The highest BCUT2D eigenvalue weighted by atomic mass is 16.5. The van der Waals surface area contributed by atoms with Crippen molar-refractivity contribution in [2.24, 2.45) is 22.7 Å². The van der Waals surface area contributed by atoms with Gasteiger partial charge in [-0.2, -0.15) is 0 Å². The van der Waals surface area contributed by atoms with Crippen molar-refractivity contribution in [2.45, 2.75) is 72.8 Å². The lowest BCUT2D eigenvalue weighted by Gasteiger charge is -2.63. The van der Waals surface area contributed by atoms with Crippen LogP contribution in [0.4, 0.5) is 0 Å². The molecule has 0 aromatic carbocycles. The van der Waals surface area contributed by atoms with Crippen LogP contribution in [0.15, 0.2) is 12.2 Å². The van der Waals surface area contributed by atoms with Crippen LogP contribution in [0.2, 0.25) is 0 Å². The van der Waals surface area contributed by atoms with Crippen LogP contribution < -0.4 is 0 Å². The fourth-order valence-electron chi connectivity index (χ4n) is 5.49. The molecule has 4 fully saturated rings. The second kappa shape index (κ2) is 5.20. The Morgan fingerprint density at radius 2 is 1.85 bits per heavy atom. The average molecular weight is 278 g/mol. The summed E-state index contributed by atoms with van der Waals surface area (Å²) in [5.74, 6) is 1.26. The maximum Gasteiger partial charge on any atom is 0.333 e. The number of hydrogen-bond donors (Lipinski definition) is 0. The average Bonchev–Trinajstić information content (AvgIpc) is 2.33. The van der Waals surface area contributed by atoms with Gasteiger partial charge in [-0.05, 0) is 56.3 Å². The first-order valence-corrected chi connectivity index (χ1v) is 8.18. The van der Waals surface area contributed by atoms with E-state index < -0.39 is 0 Å². The van der Waals surface area contributed by atoms with E-state index in [-0.39, 0.29) is 17.5 Å². The SMILES string of the molecule is C=C(C)C(=O)OC1C2CC3CC(C)(C2)CC1(C)C3.CC. The number of hydrogen-bond acceptors (Lipinski definition) is 2. The molecule has 0 N–H and O–H groups in total. The summed E-state index contributed by atoms with van der Waals surface area (Å²) < 4.78 is 5.80. The minimum absolute atomic E-state index is 0.131. The van der Waals surface area contributed by atoms with E-state index in [4.69, 9.17) is 4.74 Å². The van der Waals surface area contributed by atoms with Crippen molar-refractivity contribution in [3.05, 3.63) is 12.2 Å². The molecule has 0 saturated heterocycles. The first kappa shape index (κ1) is 15.6. The first-order valence-electron chi connectivity index (χ1n) is 8.18. The van der Waals surface area contributed by atoms with Crippen LogP contribution in [-0.4, -0.2) is 12.1 Å². The van der Waals surface area contributed by atoms with Gasteiger partial charge in [0.2, 0.25) is 0 Å². The van der Waals surface area contributed by atoms with Gasteiger partial charge in [0, 0.05) is 11.0 Å². The highest BCUT2D eigenvalue weighted by Gasteiger charge is 2.60. The minimum atomic E-state index is -0.196. The van der Waals surface area contributed by atoms with E-state index in [0.717, 1.165) is 5.92 Å². The highest BCUT2D eigenvalue weighted by Crippen LogP contribution is 2.65. The van der Waals surface area contributed by atoms with Crippen LogP contribution in [0.1, 0.15) is 66.7 Å². The standard InChI is InChI=1S/C16H24O2.C2H6/c1-10(2)14(17)18-13-12-5-11-6-15(3,8-12)9-16(13,4)7-11;1-2/h11-13H,1,5-9H2,2-4H3;1-2H3. The van der Waals surface area contributed by atoms with Crippen LogP contribution in [0, 0.1) is 22.7 Å². The Balaban J connectivity index is 0.000000704. The molecule has 2 nitrogen and oxygen atoms in total. The number of esters is 1. The van der Waals surface area contributed by atoms with Gasteiger partial charge in [0.05, 0.1) is 0 Å². The van der Waals surface area contributed by atoms with Crippen LogP contribution in [0.25, 0.3) is 0 Å². The fourth-order valence-corrected chi connectivity index (χ4v) is 5.49. The van der Waals surface area contributed by atoms with E-state index >= 15 is 0 Å². The molecule has 20 heavy (non-hydrogen) atoms. The van der Waals surface area contributed by atoms with Crippen molar-refractivity contribution in [1.82, 2.24) is 0 Å². The van der Waals surface area contributed by atoms with Crippen LogP contribution >= 0.6 is 0 Å². The quantitative estimate of drug-likeness (QED) is 0.539. The summed E-state index contributed by atoms with van der Waals surface area (Å²) in [5, 5.41) is 0. The zero-order chi connectivity index (χ0) is 15.1. The lowest BCUT2D eigenvalue weighted by Crippen LogP contribution is -2.59. The summed E-state index contributed by atoms with van der Waals surface area (Å²) in [6.07, 6.45) is 6.49. The molecule has 114 valence electrons. The number of carbonyl (C=O) groups excluding carboxylic acids is 1. The monoisotopic (exact) mass is 278 g/mol. The van der Waals surface area contributed by atoms with Gasteiger partial charge in [-0.1, -0.05) is 34.3 Å². The van der Waals surface area contributed by atoms with Gasteiger partial charge in [0.25, 0.3) is 0 Å². The summed E-state index contributed by atoms with van der Waals surface area (Å²) in [7, 11) is 0. The Kier molecular flexibility index (Phi) is 4.05. The van der Waals surface area contributed by atoms with Crippen LogP contribution in [0.3, 0.4) is 0 Å². The number of ether oxygens (including phenoxy) is 1. The second-order valence-corrected chi connectivity index (χ2v) is 7.72. The molecule has 0 amide bonds. The molecular weight excluding hydrogens is 248 g/mol. The maximum absolute atomic E-state index is 11.8. The summed E-state index contributed by atoms with van der Waals surface area (Å²) >= 11 is 0. The van der Waals surface area contributed by atoms with Gasteiger partial charge in [0.15, 0.2) is 0 Å². The van der Waals surface area contributed by atoms with Crippen molar-refractivity contribution in [2.75, 3.05) is 0 Å². The van der Waals surface area contributed by atoms with Gasteiger partial charge >= 0.3 is 5.97 Å². The molecule has 0 spiro atoms. The van der Waals surface area contributed by atoms with Gasteiger partial charge < -0.3 is 4.74 Å². The zero-order valence-electron chi connectivity index (χ0n) is 13.8. The molecule has 4 saturated carbocycles. The summed E-state index contributed by atoms with van der Waals surface area (Å²) in [5.41, 5.74) is 1.25. The van der Waals surface area contributed by atoms with Crippen molar-refractivity contribution >= 4 is 5.97 Å². The molecule has 4 rings (SSSR count). The first-order chi connectivity index (χ1) is 9.31. The van der Waals surface area contributed by atoms with Crippen LogP contribution in [0.5, 0.6) is 0 Å². The maximum atomic E-state index is 11.8. The van der Waals surface area contributed by atoms with Crippen molar-refractivity contribution in [1.29, 1.82) is 0 Å². The van der Waals surface area contributed by atoms with Crippen molar-refractivity contribution in [3.8, 4) is 0 Å². The number of carbonyl (C=O) groups is 1. The summed E-state index contributed by atoms with van der Waals surface area (Å²) in [6, 6.07) is 0. The van der Waals surface area contributed by atoms with E-state index in [1.54, 1.807) is 6.92 Å².